The van der Waals surface area contributed by atoms with Gasteiger partial charge < -0.3 is 5.32 Å². The maximum Gasteiger partial charge on any atom is 0.0379 e. The van der Waals surface area contributed by atoms with Crippen molar-refractivity contribution in [3.8, 4) is 0 Å². The molecule has 1 N–H and O–H groups in total. The zero-order chi connectivity index (χ0) is 9.56. The Morgan fingerprint density at radius 1 is 1.25 bits per heavy atom. The Hall–Kier alpha value is 0.250. The van der Waals surface area contributed by atoms with Crippen molar-refractivity contribution in [2.75, 3.05) is 5.88 Å². The second-order valence-electron chi connectivity index (χ2n) is 3.86. The highest BCUT2D eigenvalue weighted by Gasteiger charge is 2.13. The fourth-order valence-corrected chi connectivity index (χ4v) is 1.74. The van der Waals surface area contributed by atoms with Crippen molar-refractivity contribution in [2.45, 2.75) is 52.6 Å². The SMILES string of the molecule is CCCC(C)NC(CCl)C(C)C. The van der Waals surface area contributed by atoms with Gasteiger partial charge in [-0.1, -0.05) is 27.2 Å². The average Bonchev–Trinajstić information content (AvgIpc) is 2.00. The molecular weight excluding hydrogens is 170 g/mol. The van der Waals surface area contributed by atoms with Gasteiger partial charge in [0, 0.05) is 18.0 Å². The molecule has 0 spiro atoms. The normalized spacial score (nSPS) is 16.5. The Balaban J connectivity index is 3.69. The molecule has 0 saturated carbocycles. The van der Waals surface area contributed by atoms with E-state index < -0.39 is 0 Å². The molecule has 1 nitrogen and oxygen atoms in total. The summed E-state index contributed by atoms with van der Waals surface area (Å²) in [6.07, 6.45) is 2.47. The smallest absolute Gasteiger partial charge is 0.0379 e. The number of halogens is 1. The Kier molecular flexibility index (Phi) is 6.87. The zero-order valence-corrected chi connectivity index (χ0v) is 9.49. The van der Waals surface area contributed by atoms with Gasteiger partial charge >= 0.3 is 0 Å². The highest BCUT2D eigenvalue weighted by atomic mass is 35.5. The minimum Gasteiger partial charge on any atom is -0.310 e. The molecule has 2 atom stereocenters. The van der Waals surface area contributed by atoms with E-state index in [1.54, 1.807) is 0 Å². The summed E-state index contributed by atoms with van der Waals surface area (Å²) in [5.41, 5.74) is 0. The monoisotopic (exact) mass is 191 g/mol. The lowest BCUT2D eigenvalue weighted by molar-refractivity contribution is 0.374. The van der Waals surface area contributed by atoms with Gasteiger partial charge in [0.15, 0.2) is 0 Å². The molecule has 0 aromatic heterocycles. The van der Waals surface area contributed by atoms with Crippen LogP contribution >= 0.6 is 11.6 Å². The van der Waals surface area contributed by atoms with Crippen LogP contribution in [0, 0.1) is 5.92 Å². The molecule has 0 radical (unpaired) electrons. The fraction of sp³-hybridized carbons (Fsp3) is 1.00. The molecule has 0 aromatic rings. The molecule has 0 saturated heterocycles. The van der Waals surface area contributed by atoms with Crippen LogP contribution in [0.25, 0.3) is 0 Å². The van der Waals surface area contributed by atoms with Crippen molar-refractivity contribution in [3.05, 3.63) is 0 Å². The highest BCUT2D eigenvalue weighted by molar-refractivity contribution is 6.18. The minimum atomic E-state index is 0.466. The van der Waals surface area contributed by atoms with Crippen LogP contribution in [0.5, 0.6) is 0 Å². The average molecular weight is 192 g/mol. The van der Waals surface area contributed by atoms with Crippen LogP contribution in [-0.2, 0) is 0 Å². The van der Waals surface area contributed by atoms with E-state index in [2.05, 4.69) is 33.0 Å². The van der Waals surface area contributed by atoms with Crippen molar-refractivity contribution in [2.24, 2.45) is 5.92 Å². The number of rotatable bonds is 6. The lowest BCUT2D eigenvalue weighted by atomic mass is 10.0. The van der Waals surface area contributed by atoms with Crippen LogP contribution in [0.15, 0.2) is 0 Å². The van der Waals surface area contributed by atoms with E-state index in [0.29, 0.717) is 23.9 Å². The van der Waals surface area contributed by atoms with Crippen molar-refractivity contribution in [3.63, 3.8) is 0 Å². The van der Waals surface area contributed by atoms with Crippen LogP contribution in [-0.4, -0.2) is 18.0 Å². The van der Waals surface area contributed by atoms with E-state index in [1.807, 2.05) is 0 Å². The standard InChI is InChI=1S/C10H22ClN/c1-5-6-9(4)12-10(7-11)8(2)3/h8-10,12H,5-7H2,1-4H3. The Morgan fingerprint density at radius 3 is 2.17 bits per heavy atom. The zero-order valence-electron chi connectivity index (χ0n) is 8.73. The number of hydrogen-bond donors (Lipinski definition) is 1. The van der Waals surface area contributed by atoms with Gasteiger partial charge in [-0.3, -0.25) is 0 Å². The van der Waals surface area contributed by atoms with Gasteiger partial charge in [-0.05, 0) is 19.3 Å². The first-order valence-corrected chi connectivity index (χ1v) is 5.47. The van der Waals surface area contributed by atoms with Crippen molar-refractivity contribution >= 4 is 11.6 Å². The second-order valence-corrected chi connectivity index (χ2v) is 4.17. The molecule has 0 aliphatic carbocycles. The number of alkyl halides is 1. The maximum absolute atomic E-state index is 5.84. The van der Waals surface area contributed by atoms with Gasteiger partial charge in [0.2, 0.25) is 0 Å². The highest BCUT2D eigenvalue weighted by Crippen LogP contribution is 2.06. The largest absolute Gasteiger partial charge is 0.310 e. The molecule has 0 rings (SSSR count). The third-order valence-corrected chi connectivity index (χ3v) is 2.52. The molecule has 2 unspecified atom stereocenters. The molecule has 0 aliphatic rings. The first kappa shape index (κ1) is 12.2. The summed E-state index contributed by atoms with van der Waals surface area (Å²) in [5, 5.41) is 3.54. The van der Waals surface area contributed by atoms with Gasteiger partial charge in [-0.15, -0.1) is 11.6 Å². The molecule has 74 valence electrons. The molecule has 0 heterocycles. The van der Waals surface area contributed by atoms with Crippen molar-refractivity contribution < 1.29 is 0 Å². The van der Waals surface area contributed by atoms with Crippen LogP contribution in [0.3, 0.4) is 0 Å². The molecule has 0 aliphatic heterocycles. The van der Waals surface area contributed by atoms with Gasteiger partial charge in [-0.25, -0.2) is 0 Å². The van der Waals surface area contributed by atoms with Gasteiger partial charge in [-0.2, -0.15) is 0 Å². The summed E-state index contributed by atoms with van der Waals surface area (Å²) >= 11 is 5.84. The predicted molar refractivity (Wildman–Crippen MR) is 56.9 cm³/mol. The van der Waals surface area contributed by atoms with Gasteiger partial charge in [0.25, 0.3) is 0 Å². The van der Waals surface area contributed by atoms with E-state index in [1.165, 1.54) is 12.8 Å². The summed E-state index contributed by atoms with van der Waals surface area (Å²) < 4.78 is 0. The van der Waals surface area contributed by atoms with Gasteiger partial charge in [0.05, 0.1) is 0 Å². The van der Waals surface area contributed by atoms with E-state index in [4.69, 9.17) is 11.6 Å². The van der Waals surface area contributed by atoms with Crippen molar-refractivity contribution in [1.29, 1.82) is 0 Å². The third kappa shape index (κ3) is 5.00. The first-order chi connectivity index (χ1) is 5.61. The fourth-order valence-electron chi connectivity index (χ4n) is 1.30. The summed E-state index contributed by atoms with van der Waals surface area (Å²) in [4.78, 5) is 0. The lowest BCUT2D eigenvalue weighted by Gasteiger charge is -2.24. The summed E-state index contributed by atoms with van der Waals surface area (Å²) in [7, 11) is 0. The van der Waals surface area contributed by atoms with Crippen LogP contribution < -0.4 is 5.32 Å². The first-order valence-electron chi connectivity index (χ1n) is 4.93. The second kappa shape index (κ2) is 6.73. The number of hydrogen-bond acceptors (Lipinski definition) is 1. The predicted octanol–water partition coefficient (Wildman–Crippen LogP) is 3.03. The number of nitrogens with one attached hydrogen (secondary N) is 1. The minimum absolute atomic E-state index is 0.466. The summed E-state index contributed by atoms with van der Waals surface area (Å²) in [6, 6.07) is 1.06. The Morgan fingerprint density at radius 2 is 1.83 bits per heavy atom. The topological polar surface area (TPSA) is 12.0 Å². The van der Waals surface area contributed by atoms with E-state index >= 15 is 0 Å². The van der Waals surface area contributed by atoms with Crippen LogP contribution in [0.1, 0.15) is 40.5 Å². The van der Waals surface area contributed by atoms with Gasteiger partial charge in [0.1, 0.15) is 0 Å². The quantitative estimate of drug-likeness (QED) is 0.637. The molecule has 0 bridgehead atoms. The molecule has 0 aromatic carbocycles. The molecule has 0 fully saturated rings. The Labute approximate surface area is 81.9 Å². The molecule has 0 amide bonds. The van der Waals surface area contributed by atoms with Crippen molar-refractivity contribution in [1.82, 2.24) is 5.32 Å². The molecule has 12 heavy (non-hydrogen) atoms. The Bertz CT molecular complexity index is 104. The maximum atomic E-state index is 5.84. The van der Waals surface area contributed by atoms with E-state index in [-0.39, 0.29) is 0 Å². The van der Waals surface area contributed by atoms with E-state index in [0.717, 1.165) is 0 Å². The third-order valence-electron chi connectivity index (χ3n) is 2.19. The van der Waals surface area contributed by atoms with Crippen LogP contribution in [0.2, 0.25) is 0 Å². The summed E-state index contributed by atoms with van der Waals surface area (Å²) in [6.45, 7) is 8.85. The summed E-state index contributed by atoms with van der Waals surface area (Å²) in [5.74, 6) is 1.34. The molecular formula is C10H22ClN. The molecule has 2 heteroatoms. The van der Waals surface area contributed by atoms with Crippen LogP contribution in [0.4, 0.5) is 0 Å². The lowest BCUT2D eigenvalue weighted by Crippen LogP contribution is -2.41. The van der Waals surface area contributed by atoms with E-state index in [9.17, 15) is 0 Å².